The lowest BCUT2D eigenvalue weighted by atomic mass is 10.1. The molecule has 1 amide bonds. The van der Waals surface area contributed by atoms with Crippen LogP contribution in [0.5, 0.6) is 0 Å². The average Bonchev–Trinajstić information content (AvgIpc) is 2.37. The molecule has 19 heavy (non-hydrogen) atoms. The zero-order chi connectivity index (χ0) is 14.3. The molecule has 0 aromatic heterocycles. The molecule has 0 saturated carbocycles. The van der Waals surface area contributed by atoms with Gasteiger partial charge in [-0.1, -0.05) is 19.1 Å². The van der Waals surface area contributed by atoms with Gasteiger partial charge in [0.05, 0.1) is 0 Å². The molecule has 106 valence electrons. The smallest absolute Gasteiger partial charge is 0.251 e. The highest BCUT2D eigenvalue weighted by molar-refractivity contribution is 7.83. The number of hydrogen-bond acceptors (Lipinski definition) is 3. The predicted octanol–water partition coefficient (Wildman–Crippen LogP) is 1.46. The van der Waals surface area contributed by atoms with Crippen LogP contribution in [-0.4, -0.2) is 34.1 Å². The fraction of sp³-hybridized carbons (Fsp3) is 0.500. The highest BCUT2D eigenvalue weighted by atomic mass is 32.2. The summed E-state index contributed by atoms with van der Waals surface area (Å²) in [7, 11) is -0.918. The van der Waals surface area contributed by atoms with E-state index in [4.69, 9.17) is 5.11 Å². The Morgan fingerprint density at radius 2 is 2.21 bits per heavy atom. The third kappa shape index (κ3) is 5.53. The van der Waals surface area contributed by atoms with Crippen LogP contribution in [0.15, 0.2) is 24.3 Å². The molecule has 0 radical (unpaired) electrons. The van der Waals surface area contributed by atoms with E-state index in [2.05, 4.69) is 5.32 Å². The first-order chi connectivity index (χ1) is 9.06. The molecular weight excluding hydrogens is 262 g/mol. The van der Waals surface area contributed by atoms with E-state index < -0.39 is 10.8 Å². The second-order valence-corrected chi connectivity index (χ2v) is 5.94. The van der Waals surface area contributed by atoms with Crippen molar-refractivity contribution < 1.29 is 14.1 Å². The lowest BCUT2D eigenvalue weighted by Crippen LogP contribution is -2.35. The van der Waals surface area contributed by atoms with Crippen molar-refractivity contribution >= 4 is 16.7 Å². The Bertz CT molecular complexity index is 448. The van der Waals surface area contributed by atoms with Gasteiger partial charge in [-0.25, -0.2) is 0 Å². The van der Waals surface area contributed by atoms with E-state index in [1.54, 1.807) is 24.5 Å². The van der Waals surface area contributed by atoms with Crippen LogP contribution < -0.4 is 5.32 Å². The van der Waals surface area contributed by atoms with Crippen LogP contribution in [0.1, 0.15) is 35.7 Å². The zero-order valence-electron chi connectivity index (χ0n) is 11.4. The molecule has 0 aliphatic rings. The molecule has 0 aliphatic carbocycles. The van der Waals surface area contributed by atoms with Crippen molar-refractivity contribution in [1.29, 1.82) is 0 Å². The summed E-state index contributed by atoms with van der Waals surface area (Å²) in [6.45, 7) is 2.03. The molecule has 1 rings (SSSR count). The normalized spacial score (nSPS) is 13.8. The molecule has 1 aromatic rings. The number of aliphatic hydroxyl groups is 1. The van der Waals surface area contributed by atoms with E-state index in [0.717, 1.165) is 12.0 Å². The topological polar surface area (TPSA) is 66.4 Å². The van der Waals surface area contributed by atoms with Gasteiger partial charge in [0.15, 0.2) is 0 Å². The van der Waals surface area contributed by atoms with Crippen molar-refractivity contribution in [2.24, 2.45) is 0 Å². The minimum atomic E-state index is -0.918. The molecule has 2 atom stereocenters. The summed E-state index contributed by atoms with van der Waals surface area (Å²) in [5.41, 5.74) is 1.46. The maximum absolute atomic E-state index is 12.1. The standard InChI is InChI=1S/C14H21NO3S/c1-3-13(7-8-16)15-14(17)12-6-4-5-11(9-12)10-19(2)18/h4-6,9,13,16H,3,7-8,10H2,1-2H3,(H,15,17). The van der Waals surface area contributed by atoms with Gasteiger partial charge >= 0.3 is 0 Å². The lowest BCUT2D eigenvalue weighted by Gasteiger charge is -2.16. The predicted molar refractivity (Wildman–Crippen MR) is 77.5 cm³/mol. The van der Waals surface area contributed by atoms with Gasteiger partial charge in [-0.05, 0) is 30.5 Å². The van der Waals surface area contributed by atoms with Crippen LogP contribution in [0.25, 0.3) is 0 Å². The van der Waals surface area contributed by atoms with Crippen molar-refractivity contribution in [3.63, 3.8) is 0 Å². The van der Waals surface area contributed by atoms with Crippen LogP contribution in [0.3, 0.4) is 0 Å². The second-order valence-electron chi connectivity index (χ2n) is 4.51. The van der Waals surface area contributed by atoms with Crippen molar-refractivity contribution in [2.75, 3.05) is 12.9 Å². The van der Waals surface area contributed by atoms with E-state index >= 15 is 0 Å². The van der Waals surface area contributed by atoms with Crippen LogP contribution in [0, 0.1) is 0 Å². The van der Waals surface area contributed by atoms with Gasteiger partial charge in [-0.3, -0.25) is 9.00 Å². The van der Waals surface area contributed by atoms with Gasteiger partial charge in [0, 0.05) is 41.0 Å². The van der Waals surface area contributed by atoms with E-state index in [0.29, 0.717) is 17.7 Å². The highest BCUT2D eigenvalue weighted by Crippen LogP contribution is 2.08. The Morgan fingerprint density at radius 1 is 1.47 bits per heavy atom. The molecule has 0 spiro atoms. The first-order valence-corrected chi connectivity index (χ1v) is 8.10. The van der Waals surface area contributed by atoms with Crippen LogP contribution in [0.2, 0.25) is 0 Å². The summed E-state index contributed by atoms with van der Waals surface area (Å²) in [6, 6.07) is 7.15. The number of carbonyl (C=O) groups excluding carboxylic acids is 1. The molecule has 5 heteroatoms. The fourth-order valence-corrected chi connectivity index (χ4v) is 2.49. The van der Waals surface area contributed by atoms with E-state index in [9.17, 15) is 9.00 Å². The first-order valence-electron chi connectivity index (χ1n) is 6.37. The van der Waals surface area contributed by atoms with Gasteiger partial charge in [0.1, 0.15) is 0 Å². The summed E-state index contributed by atoms with van der Waals surface area (Å²) in [5, 5.41) is 11.8. The van der Waals surface area contributed by atoms with E-state index in [1.165, 1.54) is 0 Å². The summed E-state index contributed by atoms with van der Waals surface area (Å²) in [4.78, 5) is 12.1. The van der Waals surface area contributed by atoms with Crippen LogP contribution >= 0.6 is 0 Å². The monoisotopic (exact) mass is 283 g/mol. The number of rotatable bonds is 7. The number of benzene rings is 1. The molecule has 0 heterocycles. The van der Waals surface area contributed by atoms with Gasteiger partial charge in [-0.2, -0.15) is 0 Å². The van der Waals surface area contributed by atoms with Crippen LogP contribution in [-0.2, 0) is 16.6 Å². The number of nitrogens with one attached hydrogen (secondary N) is 1. The highest BCUT2D eigenvalue weighted by Gasteiger charge is 2.12. The van der Waals surface area contributed by atoms with Gasteiger partial charge in [0.2, 0.25) is 0 Å². The molecule has 0 bridgehead atoms. The molecule has 1 aromatic carbocycles. The van der Waals surface area contributed by atoms with Crippen molar-refractivity contribution in [2.45, 2.75) is 31.6 Å². The van der Waals surface area contributed by atoms with Gasteiger partial charge in [-0.15, -0.1) is 0 Å². The minimum Gasteiger partial charge on any atom is -0.396 e. The third-order valence-electron chi connectivity index (χ3n) is 2.86. The molecule has 0 aliphatic heterocycles. The average molecular weight is 283 g/mol. The largest absolute Gasteiger partial charge is 0.396 e. The Hall–Kier alpha value is -1.20. The summed E-state index contributed by atoms with van der Waals surface area (Å²) >= 11 is 0. The Kier molecular flexibility index (Phi) is 6.73. The molecule has 4 nitrogen and oxygen atoms in total. The lowest BCUT2D eigenvalue weighted by molar-refractivity contribution is 0.0929. The minimum absolute atomic E-state index is 0.0125. The first kappa shape index (κ1) is 15.9. The van der Waals surface area contributed by atoms with Crippen molar-refractivity contribution in [3.05, 3.63) is 35.4 Å². The number of amides is 1. The fourth-order valence-electron chi connectivity index (χ4n) is 1.84. The number of hydrogen-bond donors (Lipinski definition) is 2. The quantitative estimate of drug-likeness (QED) is 0.796. The SMILES string of the molecule is CCC(CCO)NC(=O)c1cccc(CS(C)=O)c1. The molecule has 0 saturated heterocycles. The maximum atomic E-state index is 12.1. The van der Waals surface area contributed by atoms with Crippen LogP contribution in [0.4, 0.5) is 0 Å². The van der Waals surface area contributed by atoms with Crippen molar-refractivity contribution in [3.8, 4) is 0 Å². The van der Waals surface area contributed by atoms with Gasteiger partial charge in [0.25, 0.3) is 5.91 Å². The number of carbonyl (C=O) groups is 1. The van der Waals surface area contributed by atoms with Gasteiger partial charge < -0.3 is 10.4 Å². The van der Waals surface area contributed by atoms with E-state index in [1.807, 2.05) is 13.0 Å². The second kappa shape index (κ2) is 8.07. The Morgan fingerprint density at radius 3 is 2.79 bits per heavy atom. The summed E-state index contributed by atoms with van der Waals surface area (Å²) in [6.07, 6.45) is 2.98. The molecule has 0 fully saturated rings. The number of aliphatic hydroxyl groups excluding tert-OH is 1. The summed E-state index contributed by atoms with van der Waals surface area (Å²) in [5.74, 6) is 0.304. The third-order valence-corrected chi connectivity index (χ3v) is 3.60. The van der Waals surface area contributed by atoms with E-state index in [-0.39, 0.29) is 18.6 Å². The Balaban J connectivity index is 2.73. The zero-order valence-corrected chi connectivity index (χ0v) is 12.2. The molecule has 2 N–H and O–H groups in total. The maximum Gasteiger partial charge on any atom is 0.251 e. The molecule has 2 unspecified atom stereocenters. The van der Waals surface area contributed by atoms with Crippen molar-refractivity contribution in [1.82, 2.24) is 5.32 Å². The summed E-state index contributed by atoms with van der Waals surface area (Å²) < 4.78 is 11.2. The molecular formula is C14H21NO3S. The Labute approximate surface area is 116 Å².